The van der Waals surface area contributed by atoms with E-state index in [-0.39, 0.29) is 4.77 Å². The average molecular weight is 490 g/mol. The summed E-state index contributed by atoms with van der Waals surface area (Å²) in [6.07, 6.45) is 0. The maximum Gasteiger partial charge on any atom is 0.269 e. The first-order valence-corrected chi connectivity index (χ1v) is 9.63. The number of hydrogen-bond donors (Lipinski definition) is 1. The van der Waals surface area contributed by atoms with E-state index in [4.69, 9.17) is 12.2 Å². The van der Waals surface area contributed by atoms with Crippen LogP contribution in [0.15, 0.2) is 68.3 Å². The smallest absolute Gasteiger partial charge is 0.269 e. The molecule has 0 aliphatic rings. The molecule has 7 heteroatoms. The third kappa shape index (κ3) is 2.76. The van der Waals surface area contributed by atoms with Gasteiger partial charge in [-0.1, -0.05) is 56.1 Å². The number of aromatic amines is 1. The van der Waals surface area contributed by atoms with Crippen LogP contribution >= 0.6 is 44.1 Å². The molecule has 0 saturated heterocycles. The van der Waals surface area contributed by atoms with Crippen molar-refractivity contribution in [2.45, 2.75) is 0 Å². The van der Waals surface area contributed by atoms with Crippen LogP contribution in [0.5, 0.6) is 0 Å². The fraction of sp³-hybridized carbons (Fsp3) is 0. The molecule has 0 aliphatic carbocycles. The van der Waals surface area contributed by atoms with Crippen LogP contribution in [0.2, 0.25) is 0 Å². The molecule has 0 atom stereocenters. The van der Waals surface area contributed by atoms with E-state index in [1.54, 1.807) is 30.3 Å². The molecule has 0 spiro atoms. The standard InChI is InChI=1S/C19H10Br2N2O2S/c20-10-7-8-16-14(9-10)18(25)23(19(26)22-16)17(24)13-5-1-4-12-11(13)3-2-6-15(12)21/h1-9H,(H,22,26). The predicted octanol–water partition coefficient (Wildman–Crippen LogP) is 5.43. The fourth-order valence-electron chi connectivity index (χ4n) is 2.95. The van der Waals surface area contributed by atoms with Gasteiger partial charge in [0.25, 0.3) is 11.5 Å². The molecular weight excluding hydrogens is 480 g/mol. The van der Waals surface area contributed by atoms with Crippen molar-refractivity contribution in [3.8, 4) is 0 Å². The van der Waals surface area contributed by atoms with Crippen molar-refractivity contribution in [1.82, 2.24) is 9.55 Å². The molecule has 4 rings (SSSR count). The summed E-state index contributed by atoms with van der Waals surface area (Å²) in [6.45, 7) is 0. The van der Waals surface area contributed by atoms with Gasteiger partial charge in [0.2, 0.25) is 0 Å². The molecule has 0 aliphatic heterocycles. The monoisotopic (exact) mass is 488 g/mol. The Bertz CT molecular complexity index is 1320. The van der Waals surface area contributed by atoms with Crippen LogP contribution in [0.3, 0.4) is 0 Å². The topological polar surface area (TPSA) is 54.9 Å². The Hall–Kier alpha value is -2.09. The van der Waals surface area contributed by atoms with E-state index >= 15 is 0 Å². The highest BCUT2D eigenvalue weighted by Crippen LogP contribution is 2.27. The summed E-state index contributed by atoms with van der Waals surface area (Å²) >= 11 is 12.1. The third-order valence-corrected chi connectivity index (χ3v) is 5.63. The number of aromatic nitrogens is 2. The minimum Gasteiger partial charge on any atom is -0.331 e. The van der Waals surface area contributed by atoms with Gasteiger partial charge in [-0.25, -0.2) is 4.57 Å². The van der Waals surface area contributed by atoms with Crippen LogP contribution in [-0.2, 0) is 0 Å². The van der Waals surface area contributed by atoms with Gasteiger partial charge < -0.3 is 4.98 Å². The van der Waals surface area contributed by atoms with Crippen molar-refractivity contribution < 1.29 is 4.79 Å². The molecule has 1 N–H and O–H groups in total. The molecule has 128 valence electrons. The number of rotatable bonds is 1. The van der Waals surface area contributed by atoms with E-state index in [0.717, 1.165) is 24.3 Å². The van der Waals surface area contributed by atoms with Crippen LogP contribution in [0.1, 0.15) is 10.4 Å². The number of nitrogens with zero attached hydrogens (tertiary/aromatic N) is 1. The predicted molar refractivity (Wildman–Crippen MR) is 112 cm³/mol. The summed E-state index contributed by atoms with van der Waals surface area (Å²) in [5.41, 5.74) is 0.565. The summed E-state index contributed by atoms with van der Waals surface area (Å²) in [6, 6.07) is 16.2. The molecule has 0 saturated carbocycles. The van der Waals surface area contributed by atoms with Crippen LogP contribution in [0, 0.1) is 4.77 Å². The van der Waals surface area contributed by atoms with Gasteiger partial charge in [-0.15, -0.1) is 0 Å². The maximum atomic E-state index is 13.2. The van der Waals surface area contributed by atoms with Gasteiger partial charge in [0.05, 0.1) is 10.9 Å². The summed E-state index contributed by atoms with van der Waals surface area (Å²) < 4.78 is 2.71. The average Bonchev–Trinajstić information content (AvgIpc) is 2.62. The van der Waals surface area contributed by atoms with Crippen LogP contribution < -0.4 is 5.56 Å². The van der Waals surface area contributed by atoms with Crippen molar-refractivity contribution in [2.75, 3.05) is 0 Å². The molecule has 1 aromatic heterocycles. The van der Waals surface area contributed by atoms with Crippen molar-refractivity contribution in [2.24, 2.45) is 0 Å². The maximum absolute atomic E-state index is 13.2. The molecule has 0 unspecified atom stereocenters. The van der Waals surface area contributed by atoms with Crippen molar-refractivity contribution in [3.05, 3.63) is 84.2 Å². The number of hydrogen-bond acceptors (Lipinski definition) is 3. The van der Waals surface area contributed by atoms with Crippen LogP contribution in [0.4, 0.5) is 0 Å². The molecule has 4 aromatic rings. The zero-order valence-electron chi connectivity index (χ0n) is 13.1. The van der Waals surface area contributed by atoms with E-state index in [1.807, 2.05) is 24.3 Å². The molecule has 0 amide bonds. The zero-order valence-corrected chi connectivity index (χ0v) is 17.1. The van der Waals surface area contributed by atoms with E-state index in [2.05, 4.69) is 36.8 Å². The molecular formula is C19H10Br2N2O2S. The molecule has 0 fully saturated rings. The Morgan fingerprint density at radius 2 is 1.69 bits per heavy atom. The van der Waals surface area contributed by atoms with Crippen LogP contribution in [-0.4, -0.2) is 15.5 Å². The second kappa shape index (κ2) is 6.57. The molecule has 3 aromatic carbocycles. The summed E-state index contributed by atoms with van der Waals surface area (Å²) in [7, 11) is 0. The minimum absolute atomic E-state index is 0.0711. The molecule has 1 heterocycles. The fourth-order valence-corrected chi connectivity index (χ4v) is 4.08. The van der Waals surface area contributed by atoms with Gasteiger partial charge in [-0.2, -0.15) is 0 Å². The Morgan fingerprint density at radius 3 is 2.50 bits per heavy atom. The molecule has 0 radical (unpaired) electrons. The number of carbonyl (C=O) groups excluding carboxylic acids is 1. The highest BCUT2D eigenvalue weighted by Gasteiger charge is 2.17. The lowest BCUT2D eigenvalue weighted by molar-refractivity contribution is 0.0955. The Labute approximate surface area is 169 Å². The van der Waals surface area contributed by atoms with Gasteiger partial charge in [-0.05, 0) is 53.3 Å². The van der Waals surface area contributed by atoms with Gasteiger partial charge in [-0.3, -0.25) is 9.59 Å². The van der Waals surface area contributed by atoms with Gasteiger partial charge in [0.15, 0.2) is 4.77 Å². The summed E-state index contributed by atoms with van der Waals surface area (Å²) in [5.74, 6) is -0.457. The van der Waals surface area contributed by atoms with Gasteiger partial charge in [0.1, 0.15) is 0 Å². The van der Waals surface area contributed by atoms with Crippen LogP contribution in [0.25, 0.3) is 21.7 Å². The largest absolute Gasteiger partial charge is 0.331 e. The van der Waals surface area contributed by atoms with Gasteiger partial charge in [0, 0.05) is 14.5 Å². The first-order chi connectivity index (χ1) is 12.5. The highest BCUT2D eigenvalue weighted by atomic mass is 79.9. The minimum atomic E-state index is -0.457. The number of benzene rings is 3. The first kappa shape index (κ1) is 17.3. The van der Waals surface area contributed by atoms with Crippen molar-refractivity contribution >= 4 is 71.7 Å². The van der Waals surface area contributed by atoms with E-state index in [0.29, 0.717) is 16.5 Å². The number of fused-ring (bicyclic) bond motifs is 2. The SMILES string of the molecule is O=C(c1cccc2c(Br)cccc12)n1c(=S)[nH]c2ccc(Br)cc2c1=O. The number of carbonyl (C=O) groups is 1. The Balaban J connectivity index is 2.03. The molecule has 4 nitrogen and oxygen atoms in total. The van der Waals surface area contributed by atoms with Crippen molar-refractivity contribution in [1.29, 1.82) is 0 Å². The van der Waals surface area contributed by atoms with E-state index in [1.165, 1.54) is 0 Å². The summed E-state index contributed by atoms with van der Waals surface area (Å²) in [5, 5.41) is 2.04. The second-order valence-electron chi connectivity index (χ2n) is 5.71. The Kier molecular flexibility index (Phi) is 4.38. The lowest BCUT2D eigenvalue weighted by atomic mass is 10.0. The first-order valence-electron chi connectivity index (χ1n) is 7.64. The molecule has 26 heavy (non-hydrogen) atoms. The normalized spacial score (nSPS) is 11.2. The zero-order chi connectivity index (χ0) is 18.4. The van der Waals surface area contributed by atoms with Gasteiger partial charge >= 0.3 is 0 Å². The van der Waals surface area contributed by atoms with E-state index in [9.17, 15) is 9.59 Å². The second-order valence-corrected chi connectivity index (χ2v) is 7.86. The van der Waals surface area contributed by atoms with Crippen molar-refractivity contribution in [3.63, 3.8) is 0 Å². The lowest BCUT2D eigenvalue weighted by Gasteiger charge is -2.10. The quantitative estimate of drug-likeness (QED) is 0.363. The Morgan fingerprint density at radius 1 is 0.962 bits per heavy atom. The molecule has 0 bridgehead atoms. The third-order valence-electron chi connectivity index (χ3n) is 4.16. The van der Waals surface area contributed by atoms with E-state index < -0.39 is 11.5 Å². The lowest BCUT2D eigenvalue weighted by Crippen LogP contribution is -2.29. The number of halogens is 2. The number of H-pyrrole nitrogens is 1. The summed E-state index contributed by atoms with van der Waals surface area (Å²) in [4.78, 5) is 29.1. The number of nitrogens with one attached hydrogen (secondary N) is 1. The highest BCUT2D eigenvalue weighted by molar-refractivity contribution is 9.11.